The normalized spacial score (nSPS) is 10.9. The third-order valence-electron chi connectivity index (χ3n) is 4.56. The van der Waals surface area contributed by atoms with Crippen LogP contribution in [0.4, 0.5) is 0 Å². The van der Waals surface area contributed by atoms with Gasteiger partial charge in [0.2, 0.25) is 11.8 Å². The number of para-hydroxylation sites is 2. The molecule has 2 aromatic rings. The second kappa shape index (κ2) is 11.9. The molecule has 168 valence electrons. The molecule has 0 heterocycles. The first kappa shape index (κ1) is 24.2. The molecule has 0 atom stereocenters. The molecule has 0 saturated carbocycles. The van der Waals surface area contributed by atoms with Crippen LogP contribution >= 0.6 is 0 Å². The molecule has 0 aliphatic heterocycles. The van der Waals surface area contributed by atoms with Crippen LogP contribution in [0.5, 0.6) is 11.5 Å². The molecule has 0 bridgehead atoms. The molecule has 8 nitrogen and oxygen atoms in total. The molecule has 0 unspecified atom stereocenters. The van der Waals surface area contributed by atoms with Crippen molar-refractivity contribution in [3.8, 4) is 11.5 Å². The van der Waals surface area contributed by atoms with E-state index in [2.05, 4.69) is 10.6 Å². The Bertz CT molecular complexity index is 918. The van der Waals surface area contributed by atoms with Crippen molar-refractivity contribution in [1.29, 1.82) is 0 Å². The minimum absolute atomic E-state index is 0.00543. The molecule has 0 radical (unpaired) electrons. The predicted molar refractivity (Wildman–Crippen MR) is 118 cm³/mol. The predicted octanol–water partition coefficient (Wildman–Crippen LogP) is 1.14. The van der Waals surface area contributed by atoms with Gasteiger partial charge in [-0.05, 0) is 12.1 Å². The molecule has 0 fully saturated rings. The third-order valence-corrected chi connectivity index (χ3v) is 6.21. The van der Waals surface area contributed by atoms with E-state index in [0.29, 0.717) is 11.5 Å². The van der Waals surface area contributed by atoms with Crippen LogP contribution in [0.15, 0.2) is 48.5 Å². The third kappa shape index (κ3) is 8.29. The molecule has 2 aromatic carbocycles. The van der Waals surface area contributed by atoms with E-state index in [9.17, 15) is 18.0 Å². The summed E-state index contributed by atoms with van der Waals surface area (Å²) in [5, 5.41) is 5.22. The molecule has 2 rings (SSSR count). The summed E-state index contributed by atoms with van der Waals surface area (Å²) >= 11 is 0. The second-order valence-electron chi connectivity index (χ2n) is 6.83. The number of carbonyl (C=O) groups excluding carboxylic acids is 2. The fourth-order valence-electron chi connectivity index (χ4n) is 2.96. The van der Waals surface area contributed by atoms with Gasteiger partial charge in [0.25, 0.3) is 0 Å². The molecule has 0 aromatic heterocycles. The topological polar surface area (TPSA) is 111 Å². The van der Waals surface area contributed by atoms with Crippen LogP contribution < -0.4 is 20.1 Å². The minimum atomic E-state index is -3.42. The lowest BCUT2D eigenvalue weighted by Gasteiger charge is -2.10. The Hall–Kier alpha value is -3.07. The Morgan fingerprint density at radius 1 is 0.742 bits per heavy atom. The zero-order valence-corrected chi connectivity index (χ0v) is 18.5. The Kier molecular flexibility index (Phi) is 9.33. The zero-order chi connectivity index (χ0) is 22.7. The number of amides is 2. The van der Waals surface area contributed by atoms with Crippen molar-refractivity contribution in [1.82, 2.24) is 10.6 Å². The van der Waals surface area contributed by atoms with Gasteiger partial charge in [-0.25, -0.2) is 8.42 Å². The van der Waals surface area contributed by atoms with Gasteiger partial charge >= 0.3 is 0 Å². The summed E-state index contributed by atoms with van der Waals surface area (Å²) in [6.45, 7) is 0.0109. The lowest BCUT2D eigenvalue weighted by atomic mass is 10.1. The summed E-state index contributed by atoms with van der Waals surface area (Å²) in [4.78, 5) is 24.1. The molecule has 0 saturated heterocycles. The van der Waals surface area contributed by atoms with E-state index in [1.807, 2.05) is 12.1 Å². The molecular formula is C22H28N2O6S. The van der Waals surface area contributed by atoms with Gasteiger partial charge in [-0.1, -0.05) is 36.4 Å². The maximum absolute atomic E-state index is 12.2. The number of hydrogen-bond acceptors (Lipinski definition) is 6. The first-order valence-corrected chi connectivity index (χ1v) is 11.6. The highest BCUT2D eigenvalue weighted by atomic mass is 32.2. The Morgan fingerprint density at radius 3 is 1.52 bits per heavy atom. The Morgan fingerprint density at radius 2 is 1.13 bits per heavy atom. The van der Waals surface area contributed by atoms with Crippen LogP contribution in [0.1, 0.15) is 11.1 Å². The first-order chi connectivity index (χ1) is 14.8. The van der Waals surface area contributed by atoms with Crippen molar-refractivity contribution in [3.05, 3.63) is 59.7 Å². The molecule has 2 amide bonds. The van der Waals surface area contributed by atoms with Gasteiger partial charge in [0.1, 0.15) is 11.5 Å². The molecule has 0 spiro atoms. The maximum Gasteiger partial charge on any atom is 0.224 e. The van der Waals surface area contributed by atoms with Gasteiger partial charge in [-0.2, -0.15) is 0 Å². The largest absolute Gasteiger partial charge is 0.496 e. The lowest BCUT2D eigenvalue weighted by molar-refractivity contribution is -0.121. The van der Waals surface area contributed by atoms with E-state index in [-0.39, 0.29) is 49.3 Å². The van der Waals surface area contributed by atoms with Gasteiger partial charge in [0.15, 0.2) is 9.84 Å². The zero-order valence-electron chi connectivity index (χ0n) is 17.7. The van der Waals surface area contributed by atoms with Crippen LogP contribution in [0.25, 0.3) is 0 Å². The maximum atomic E-state index is 12.2. The van der Waals surface area contributed by atoms with E-state index in [4.69, 9.17) is 9.47 Å². The van der Waals surface area contributed by atoms with E-state index in [1.54, 1.807) is 36.4 Å². The fourth-order valence-corrected chi connectivity index (χ4v) is 3.99. The van der Waals surface area contributed by atoms with E-state index in [1.165, 1.54) is 14.2 Å². The summed E-state index contributed by atoms with van der Waals surface area (Å²) < 4.78 is 34.7. The average Bonchev–Trinajstić information content (AvgIpc) is 2.74. The molecule has 0 aliphatic rings. The number of ether oxygens (including phenoxy) is 2. The van der Waals surface area contributed by atoms with Crippen molar-refractivity contribution in [2.75, 3.05) is 38.8 Å². The van der Waals surface area contributed by atoms with Crippen molar-refractivity contribution in [2.45, 2.75) is 12.8 Å². The van der Waals surface area contributed by atoms with Gasteiger partial charge in [-0.3, -0.25) is 9.59 Å². The van der Waals surface area contributed by atoms with E-state index >= 15 is 0 Å². The monoisotopic (exact) mass is 448 g/mol. The highest BCUT2D eigenvalue weighted by Gasteiger charge is 2.14. The van der Waals surface area contributed by atoms with Crippen molar-refractivity contribution in [2.24, 2.45) is 0 Å². The van der Waals surface area contributed by atoms with Gasteiger partial charge in [0, 0.05) is 24.2 Å². The summed E-state index contributed by atoms with van der Waals surface area (Å²) in [7, 11) is -0.371. The highest BCUT2D eigenvalue weighted by molar-refractivity contribution is 7.91. The number of methoxy groups -OCH3 is 2. The van der Waals surface area contributed by atoms with Crippen LogP contribution in [0, 0.1) is 0 Å². The summed E-state index contributed by atoms with van der Waals surface area (Å²) in [6, 6.07) is 14.3. The van der Waals surface area contributed by atoms with E-state index in [0.717, 1.165) is 11.1 Å². The summed E-state index contributed by atoms with van der Waals surface area (Å²) in [5.41, 5.74) is 1.45. The highest BCUT2D eigenvalue weighted by Crippen LogP contribution is 2.18. The average molecular weight is 449 g/mol. The standard InChI is InChI=1S/C22H28N2O6S/c1-29-19-9-5-3-7-17(19)15-21(25)23-11-13-31(27,28)14-12-24-22(26)16-18-8-4-6-10-20(18)30-2/h3-10H,11-16H2,1-2H3,(H,23,25)(H,24,26). The smallest absolute Gasteiger partial charge is 0.224 e. The minimum Gasteiger partial charge on any atom is -0.496 e. The summed E-state index contributed by atoms with van der Waals surface area (Å²) in [6.07, 6.45) is 0.201. The van der Waals surface area contributed by atoms with Crippen LogP contribution in [0.2, 0.25) is 0 Å². The lowest BCUT2D eigenvalue weighted by Crippen LogP contribution is -2.34. The van der Waals surface area contributed by atoms with Crippen molar-refractivity contribution < 1.29 is 27.5 Å². The molecule has 31 heavy (non-hydrogen) atoms. The van der Waals surface area contributed by atoms with Crippen molar-refractivity contribution >= 4 is 21.7 Å². The first-order valence-electron chi connectivity index (χ1n) is 9.82. The van der Waals surface area contributed by atoms with Gasteiger partial charge in [-0.15, -0.1) is 0 Å². The van der Waals surface area contributed by atoms with Crippen molar-refractivity contribution in [3.63, 3.8) is 0 Å². The molecular weight excluding hydrogens is 420 g/mol. The molecule has 0 aliphatic carbocycles. The summed E-state index contributed by atoms with van der Waals surface area (Å²) in [5.74, 6) is 0.234. The van der Waals surface area contributed by atoms with Crippen LogP contribution in [-0.4, -0.2) is 59.0 Å². The van der Waals surface area contributed by atoms with Crippen LogP contribution in [-0.2, 0) is 32.3 Å². The SMILES string of the molecule is COc1ccccc1CC(=O)NCCS(=O)(=O)CCNC(=O)Cc1ccccc1OC. The number of carbonyl (C=O) groups is 2. The fraction of sp³-hybridized carbons (Fsp3) is 0.364. The number of rotatable bonds is 12. The molecule has 2 N–H and O–H groups in total. The van der Waals surface area contributed by atoms with Crippen LogP contribution in [0.3, 0.4) is 0 Å². The quantitative estimate of drug-likeness (QED) is 0.504. The number of benzene rings is 2. The number of sulfone groups is 1. The number of nitrogens with one attached hydrogen (secondary N) is 2. The molecule has 9 heteroatoms. The number of hydrogen-bond donors (Lipinski definition) is 2. The Labute approximate surface area is 182 Å². The second-order valence-corrected chi connectivity index (χ2v) is 9.13. The Balaban J connectivity index is 1.70. The van der Waals surface area contributed by atoms with E-state index < -0.39 is 9.84 Å². The van der Waals surface area contributed by atoms with Gasteiger partial charge in [0.05, 0.1) is 38.6 Å². The van der Waals surface area contributed by atoms with Gasteiger partial charge < -0.3 is 20.1 Å².